The Morgan fingerprint density at radius 1 is 1.47 bits per heavy atom. The van der Waals surface area contributed by atoms with Gasteiger partial charge in [-0.2, -0.15) is 0 Å². The maximum atomic E-state index is 4.18. The van der Waals surface area contributed by atoms with Gasteiger partial charge in [-0.3, -0.25) is 0 Å². The maximum absolute atomic E-state index is 4.18. The maximum Gasteiger partial charge on any atom is 0.120 e. The monoisotopic (exact) mass is 209 g/mol. The molecule has 0 spiro atoms. The zero-order valence-electron chi connectivity index (χ0n) is 10.3. The molecule has 0 fully saturated rings. The minimum atomic E-state index is 0.431. The second-order valence-electron chi connectivity index (χ2n) is 5.42. The number of aromatic nitrogens is 2. The summed E-state index contributed by atoms with van der Waals surface area (Å²) >= 11 is 0. The highest BCUT2D eigenvalue weighted by Crippen LogP contribution is 2.21. The van der Waals surface area contributed by atoms with E-state index in [0.717, 1.165) is 12.4 Å². The first kappa shape index (κ1) is 12.2. The van der Waals surface area contributed by atoms with Gasteiger partial charge in [-0.25, -0.2) is 4.98 Å². The van der Waals surface area contributed by atoms with Gasteiger partial charge in [0.15, 0.2) is 0 Å². The zero-order chi connectivity index (χ0) is 11.3. The number of H-pyrrole nitrogens is 1. The van der Waals surface area contributed by atoms with Gasteiger partial charge in [0.1, 0.15) is 5.82 Å². The van der Waals surface area contributed by atoms with E-state index in [0.29, 0.717) is 11.5 Å². The summed E-state index contributed by atoms with van der Waals surface area (Å²) in [5, 5.41) is 3.46. The van der Waals surface area contributed by atoms with Crippen LogP contribution >= 0.6 is 0 Å². The molecule has 0 saturated heterocycles. The van der Waals surface area contributed by atoms with Crippen LogP contribution in [0.2, 0.25) is 0 Å². The molecule has 0 aromatic carbocycles. The van der Waals surface area contributed by atoms with Crippen LogP contribution in [-0.4, -0.2) is 16.0 Å². The van der Waals surface area contributed by atoms with Crippen molar-refractivity contribution in [2.45, 2.75) is 53.1 Å². The summed E-state index contributed by atoms with van der Waals surface area (Å²) < 4.78 is 0. The molecular formula is C12H23N3. The van der Waals surface area contributed by atoms with Crippen LogP contribution in [0.4, 0.5) is 0 Å². The highest BCUT2D eigenvalue weighted by atomic mass is 15.0. The van der Waals surface area contributed by atoms with E-state index in [-0.39, 0.29) is 0 Å². The first-order valence-electron chi connectivity index (χ1n) is 5.69. The Balaban J connectivity index is 2.16. The van der Waals surface area contributed by atoms with Crippen molar-refractivity contribution in [3.63, 3.8) is 0 Å². The highest BCUT2D eigenvalue weighted by Gasteiger charge is 2.12. The third-order valence-corrected chi connectivity index (χ3v) is 2.50. The average molecular weight is 209 g/mol. The predicted molar refractivity (Wildman–Crippen MR) is 63.6 cm³/mol. The Morgan fingerprint density at radius 3 is 2.73 bits per heavy atom. The first-order valence-corrected chi connectivity index (χ1v) is 5.69. The van der Waals surface area contributed by atoms with E-state index < -0.39 is 0 Å². The van der Waals surface area contributed by atoms with Gasteiger partial charge >= 0.3 is 0 Å². The normalized spacial score (nSPS) is 14.1. The molecule has 0 bridgehead atoms. The molecule has 0 radical (unpaired) electrons. The fourth-order valence-corrected chi connectivity index (χ4v) is 1.42. The molecule has 1 heterocycles. The quantitative estimate of drug-likeness (QED) is 0.783. The molecule has 15 heavy (non-hydrogen) atoms. The largest absolute Gasteiger partial charge is 0.348 e. The first-order chi connectivity index (χ1) is 6.97. The molecule has 1 aromatic rings. The van der Waals surface area contributed by atoms with E-state index in [1.54, 1.807) is 6.20 Å². The van der Waals surface area contributed by atoms with Crippen molar-refractivity contribution in [3.05, 3.63) is 18.2 Å². The summed E-state index contributed by atoms with van der Waals surface area (Å²) in [4.78, 5) is 7.27. The smallest absolute Gasteiger partial charge is 0.120 e. The van der Waals surface area contributed by atoms with E-state index in [1.165, 1.54) is 12.8 Å². The van der Waals surface area contributed by atoms with E-state index in [4.69, 9.17) is 0 Å². The van der Waals surface area contributed by atoms with Gasteiger partial charge in [-0.05, 0) is 25.2 Å². The van der Waals surface area contributed by atoms with Crippen molar-refractivity contribution >= 4 is 0 Å². The van der Waals surface area contributed by atoms with Crippen LogP contribution in [0.3, 0.4) is 0 Å². The highest BCUT2D eigenvalue weighted by molar-refractivity contribution is 4.86. The van der Waals surface area contributed by atoms with Crippen LogP contribution in [0.25, 0.3) is 0 Å². The second-order valence-corrected chi connectivity index (χ2v) is 5.42. The van der Waals surface area contributed by atoms with Crippen LogP contribution in [-0.2, 0) is 6.54 Å². The molecule has 3 nitrogen and oxygen atoms in total. The molecular weight excluding hydrogens is 186 g/mol. The van der Waals surface area contributed by atoms with Crippen molar-refractivity contribution in [1.29, 1.82) is 0 Å². The molecule has 0 saturated carbocycles. The Hall–Kier alpha value is -0.830. The number of nitrogens with zero attached hydrogens (tertiary/aromatic N) is 1. The fraction of sp³-hybridized carbons (Fsp3) is 0.750. The van der Waals surface area contributed by atoms with Gasteiger partial charge in [-0.15, -0.1) is 0 Å². The second kappa shape index (κ2) is 5.31. The molecule has 1 atom stereocenters. The van der Waals surface area contributed by atoms with Crippen LogP contribution in [0.15, 0.2) is 12.4 Å². The topological polar surface area (TPSA) is 40.7 Å². The van der Waals surface area contributed by atoms with Crippen LogP contribution < -0.4 is 5.32 Å². The predicted octanol–water partition coefficient (Wildman–Crippen LogP) is 2.71. The lowest BCUT2D eigenvalue weighted by Gasteiger charge is -2.21. The van der Waals surface area contributed by atoms with Gasteiger partial charge in [0.2, 0.25) is 0 Å². The zero-order valence-corrected chi connectivity index (χ0v) is 10.3. The number of hydrogen-bond donors (Lipinski definition) is 2. The summed E-state index contributed by atoms with van der Waals surface area (Å²) in [5.41, 5.74) is 0.431. The molecule has 0 aliphatic rings. The van der Waals surface area contributed by atoms with E-state index in [9.17, 15) is 0 Å². The van der Waals surface area contributed by atoms with Gasteiger partial charge in [0.05, 0.1) is 6.54 Å². The van der Waals surface area contributed by atoms with Crippen LogP contribution in [0.1, 0.15) is 46.4 Å². The Labute approximate surface area is 92.7 Å². The van der Waals surface area contributed by atoms with E-state index in [1.807, 2.05) is 6.20 Å². The Morgan fingerprint density at radius 2 is 2.20 bits per heavy atom. The summed E-state index contributed by atoms with van der Waals surface area (Å²) in [6.07, 6.45) is 6.11. The Bertz CT molecular complexity index is 259. The molecule has 0 amide bonds. The fourth-order valence-electron chi connectivity index (χ4n) is 1.42. The summed E-state index contributed by atoms with van der Waals surface area (Å²) in [6.45, 7) is 9.91. The molecule has 86 valence electrons. The standard InChI is InChI=1S/C12H23N3/c1-10(5-6-12(2,3)4)15-9-11-13-7-8-14-11/h7-8,10,15H,5-6,9H2,1-4H3,(H,13,14). The number of hydrogen-bond acceptors (Lipinski definition) is 2. The molecule has 0 aliphatic carbocycles. The molecule has 2 N–H and O–H groups in total. The average Bonchev–Trinajstić information content (AvgIpc) is 2.62. The van der Waals surface area contributed by atoms with Gasteiger partial charge in [-0.1, -0.05) is 20.8 Å². The van der Waals surface area contributed by atoms with Gasteiger partial charge in [0, 0.05) is 18.4 Å². The minimum Gasteiger partial charge on any atom is -0.348 e. The van der Waals surface area contributed by atoms with Crippen molar-refractivity contribution in [3.8, 4) is 0 Å². The van der Waals surface area contributed by atoms with Crippen LogP contribution in [0.5, 0.6) is 0 Å². The molecule has 1 aromatic heterocycles. The number of aromatic amines is 1. The van der Waals surface area contributed by atoms with Crippen LogP contribution in [0, 0.1) is 5.41 Å². The van der Waals surface area contributed by atoms with Crippen molar-refractivity contribution < 1.29 is 0 Å². The molecule has 1 unspecified atom stereocenters. The summed E-state index contributed by atoms with van der Waals surface area (Å²) in [7, 11) is 0. The van der Waals surface area contributed by atoms with E-state index >= 15 is 0 Å². The van der Waals surface area contributed by atoms with Crippen molar-refractivity contribution in [1.82, 2.24) is 15.3 Å². The third-order valence-electron chi connectivity index (χ3n) is 2.50. The van der Waals surface area contributed by atoms with Crippen molar-refractivity contribution in [2.75, 3.05) is 0 Å². The lowest BCUT2D eigenvalue weighted by Crippen LogP contribution is -2.27. The number of nitrogens with one attached hydrogen (secondary N) is 2. The van der Waals surface area contributed by atoms with Gasteiger partial charge < -0.3 is 10.3 Å². The van der Waals surface area contributed by atoms with Crippen molar-refractivity contribution in [2.24, 2.45) is 5.41 Å². The summed E-state index contributed by atoms with van der Waals surface area (Å²) in [6, 6.07) is 0.550. The summed E-state index contributed by atoms with van der Waals surface area (Å²) in [5.74, 6) is 1.01. The lowest BCUT2D eigenvalue weighted by atomic mass is 9.89. The lowest BCUT2D eigenvalue weighted by molar-refractivity contribution is 0.335. The molecule has 1 rings (SSSR count). The molecule has 0 aliphatic heterocycles. The number of imidazole rings is 1. The van der Waals surface area contributed by atoms with Gasteiger partial charge in [0.25, 0.3) is 0 Å². The number of rotatable bonds is 5. The third kappa shape index (κ3) is 5.57. The minimum absolute atomic E-state index is 0.431. The Kier molecular flexibility index (Phi) is 4.33. The van der Waals surface area contributed by atoms with E-state index in [2.05, 4.69) is 43.0 Å². The SMILES string of the molecule is CC(CCC(C)(C)C)NCc1ncc[nH]1. The molecule has 3 heteroatoms.